The van der Waals surface area contributed by atoms with Crippen LogP contribution in [0.5, 0.6) is 0 Å². The van der Waals surface area contributed by atoms with Crippen molar-refractivity contribution in [1.82, 2.24) is 9.05 Å². The van der Waals surface area contributed by atoms with Gasteiger partial charge in [-0.25, -0.2) is 0 Å². The summed E-state index contributed by atoms with van der Waals surface area (Å²) in [5.74, 6) is 0. The van der Waals surface area contributed by atoms with Crippen molar-refractivity contribution in [3.8, 4) is 39.2 Å². The van der Waals surface area contributed by atoms with Crippen LogP contribution in [-0.4, -0.2) is 15.9 Å². The molecular formula is C46H33BN2S. The molecule has 0 N–H and O–H groups in total. The van der Waals surface area contributed by atoms with Crippen LogP contribution >= 0.6 is 11.3 Å². The Balaban J connectivity index is 1.32. The van der Waals surface area contributed by atoms with Crippen molar-refractivity contribution in [3.63, 3.8) is 0 Å². The van der Waals surface area contributed by atoms with Crippen LogP contribution in [0.1, 0.15) is 41.7 Å². The van der Waals surface area contributed by atoms with Crippen LogP contribution < -0.4 is 10.9 Å². The first-order valence-electron chi connectivity index (χ1n) is 17.8. The Morgan fingerprint density at radius 2 is 1.38 bits per heavy atom. The van der Waals surface area contributed by atoms with Gasteiger partial charge in [-0.05, 0) is 88.8 Å². The highest BCUT2D eigenvalue weighted by atomic mass is 32.1. The number of hydrogen-bond acceptors (Lipinski definition) is 1. The van der Waals surface area contributed by atoms with Gasteiger partial charge in [-0.15, -0.1) is 11.3 Å². The molecule has 3 aliphatic rings. The minimum absolute atomic E-state index is 0.0711. The van der Waals surface area contributed by atoms with Gasteiger partial charge >= 0.3 is 6.85 Å². The van der Waals surface area contributed by atoms with Crippen molar-refractivity contribution in [2.75, 3.05) is 0 Å². The lowest BCUT2D eigenvalue weighted by Gasteiger charge is -2.35. The summed E-state index contributed by atoms with van der Waals surface area (Å²) in [7, 11) is 0. The number of nitrogens with zero attached hydrogens (tertiary/aromatic N) is 2. The van der Waals surface area contributed by atoms with Crippen LogP contribution in [-0.2, 0) is 5.41 Å². The molecular weight excluding hydrogens is 623 g/mol. The van der Waals surface area contributed by atoms with Gasteiger partial charge < -0.3 is 9.05 Å². The van der Waals surface area contributed by atoms with Gasteiger partial charge in [0.1, 0.15) is 0 Å². The lowest BCUT2D eigenvalue weighted by atomic mass is 9.45. The molecule has 236 valence electrons. The largest absolute Gasteiger partial charge is 0.367 e. The van der Waals surface area contributed by atoms with E-state index >= 15 is 0 Å². The number of benzene rings is 6. The fourth-order valence-electron chi connectivity index (χ4n) is 10.7. The van der Waals surface area contributed by atoms with Gasteiger partial charge in [0.2, 0.25) is 0 Å². The minimum atomic E-state index is -0.110. The Morgan fingerprint density at radius 3 is 2.24 bits per heavy atom. The van der Waals surface area contributed by atoms with Gasteiger partial charge in [-0.3, -0.25) is 0 Å². The number of fused-ring (bicyclic) bond motifs is 14. The summed E-state index contributed by atoms with van der Waals surface area (Å²) in [5.41, 5.74) is 21.7. The van der Waals surface area contributed by atoms with Crippen molar-refractivity contribution < 1.29 is 0 Å². The first-order chi connectivity index (χ1) is 24.3. The third-order valence-corrected chi connectivity index (χ3v) is 13.5. The molecule has 12 rings (SSSR count). The third kappa shape index (κ3) is 3.02. The van der Waals surface area contributed by atoms with Crippen LogP contribution in [0.4, 0.5) is 0 Å². The average molecular weight is 657 g/mol. The predicted molar refractivity (Wildman–Crippen MR) is 215 cm³/mol. The maximum Gasteiger partial charge on any atom is 0.333 e. The average Bonchev–Trinajstić information content (AvgIpc) is 3.81. The van der Waals surface area contributed by atoms with Crippen LogP contribution in [0, 0.1) is 20.8 Å². The number of rotatable bonds is 1. The fraction of sp³-hybridized carbons (Fsp3) is 0.130. The Kier molecular flexibility index (Phi) is 4.88. The molecule has 0 fully saturated rings. The molecule has 2 nitrogen and oxygen atoms in total. The third-order valence-electron chi connectivity index (χ3n) is 12.3. The zero-order chi connectivity index (χ0) is 33.4. The lowest BCUT2D eigenvalue weighted by molar-refractivity contribution is 0.666. The zero-order valence-electron chi connectivity index (χ0n) is 28.8. The van der Waals surface area contributed by atoms with E-state index < -0.39 is 0 Å². The van der Waals surface area contributed by atoms with E-state index in [0.717, 1.165) is 0 Å². The van der Waals surface area contributed by atoms with Crippen molar-refractivity contribution in [2.24, 2.45) is 0 Å². The van der Waals surface area contributed by atoms with Crippen LogP contribution in [0.15, 0.2) is 109 Å². The normalized spacial score (nSPS) is 14.6. The topological polar surface area (TPSA) is 9.86 Å². The molecule has 50 heavy (non-hydrogen) atoms. The molecule has 5 heterocycles. The maximum atomic E-state index is 2.73. The quantitative estimate of drug-likeness (QED) is 0.156. The van der Waals surface area contributed by atoms with E-state index in [9.17, 15) is 0 Å². The summed E-state index contributed by atoms with van der Waals surface area (Å²) in [5, 5.41) is 5.50. The molecule has 0 radical (unpaired) electrons. The van der Waals surface area contributed by atoms with Crippen LogP contribution in [0.2, 0.25) is 0 Å². The predicted octanol–water partition coefficient (Wildman–Crippen LogP) is 10.8. The van der Waals surface area contributed by atoms with Crippen molar-refractivity contribution in [3.05, 3.63) is 137 Å². The first kappa shape index (κ1) is 27.5. The van der Waals surface area contributed by atoms with E-state index in [4.69, 9.17) is 0 Å². The highest BCUT2D eigenvalue weighted by molar-refractivity contribution is 7.26. The lowest BCUT2D eigenvalue weighted by Crippen LogP contribution is -2.55. The van der Waals surface area contributed by atoms with Crippen LogP contribution in [0.25, 0.3) is 81.3 Å². The fourth-order valence-corrected chi connectivity index (χ4v) is 11.9. The molecule has 6 aromatic carbocycles. The maximum absolute atomic E-state index is 2.73. The molecule has 0 unspecified atom stereocenters. The van der Waals surface area contributed by atoms with Gasteiger partial charge in [0.15, 0.2) is 0 Å². The van der Waals surface area contributed by atoms with E-state index in [-0.39, 0.29) is 12.3 Å². The van der Waals surface area contributed by atoms with Crippen molar-refractivity contribution >= 4 is 71.2 Å². The summed E-state index contributed by atoms with van der Waals surface area (Å²) in [6.07, 6.45) is 0. The Labute approximate surface area is 295 Å². The van der Waals surface area contributed by atoms with E-state index in [1.165, 1.54) is 120 Å². The Hall–Kier alpha value is -5.32. The molecule has 3 aromatic heterocycles. The molecule has 1 aliphatic carbocycles. The van der Waals surface area contributed by atoms with E-state index in [1.807, 2.05) is 11.3 Å². The second-order valence-corrected chi connectivity index (χ2v) is 16.5. The van der Waals surface area contributed by atoms with Gasteiger partial charge in [-0.1, -0.05) is 110 Å². The molecule has 0 atom stereocenters. The van der Waals surface area contributed by atoms with Gasteiger partial charge in [0.05, 0.1) is 16.0 Å². The summed E-state index contributed by atoms with van der Waals surface area (Å²) in [4.78, 5) is 1.37. The zero-order valence-corrected chi connectivity index (χ0v) is 29.6. The summed E-state index contributed by atoms with van der Waals surface area (Å²) in [6, 6.07) is 42.0. The van der Waals surface area contributed by atoms with Gasteiger partial charge in [0.25, 0.3) is 0 Å². The molecule has 0 bridgehead atoms. The van der Waals surface area contributed by atoms with Gasteiger partial charge in [-0.2, -0.15) is 0 Å². The van der Waals surface area contributed by atoms with E-state index in [0.29, 0.717) is 0 Å². The summed E-state index contributed by atoms with van der Waals surface area (Å²) < 4.78 is 6.77. The number of thiophene rings is 1. The Bertz CT molecular complexity index is 3030. The highest BCUT2D eigenvalue weighted by Gasteiger charge is 2.47. The number of para-hydroxylation sites is 2. The Morgan fingerprint density at radius 1 is 0.660 bits per heavy atom. The second-order valence-electron chi connectivity index (χ2n) is 15.5. The SMILES string of the molecule is Cc1cc(C)c(-c2cc3c4c(c2)-n2c5c(c6cccc(c62)B4n2c4sc6ccccc6c4c4cccc-3c42)C(C)(C)c2ccccc2-5)c(C)c1. The molecule has 0 amide bonds. The molecule has 4 heteroatoms. The number of hydrogen-bond donors (Lipinski definition) is 0. The monoisotopic (exact) mass is 656 g/mol. The number of aryl methyl sites for hydroxylation is 3. The van der Waals surface area contributed by atoms with Gasteiger partial charge in [0, 0.05) is 54.0 Å². The van der Waals surface area contributed by atoms with E-state index in [1.54, 1.807) is 0 Å². The van der Waals surface area contributed by atoms with Crippen LogP contribution in [0.3, 0.4) is 0 Å². The molecule has 2 aliphatic heterocycles. The summed E-state index contributed by atoms with van der Waals surface area (Å²) in [6.45, 7) is 11.7. The van der Waals surface area contributed by atoms with E-state index in [2.05, 4.69) is 153 Å². The number of aromatic nitrogens is 2. The second kappa shape index (κ2) is 8.88. The minimum Gasteiger partial charge on any atom is -0.367 e. The molecule has 0 spiro atoms. The molecule has 0 saturated carbocycles. The molecule has 9 aromatic rings. The summed E-state index contributed by atoms with van der Waals surface area (Å²) >= 11 is 1.95. The smallest absolute Gasteiger partial charge is 0.333 e. The molecule has 0 saturated heterocycles. The van der Waals surface area contributed by atoms with Crippen molar-refractivity contribution in [1.29, 1.82) is 0 Å². The standard InChI is InChI=1S/C46H33BN2S/c1-24-20-25(2)38(26(3)21-24)27-22-33-28-14-10-15-31-39-30-13-7-9-19-37(30)50-45(39)49(42(28)31)47-35-18-11-16-32-40-44(48(43(32)35)36(23-27)41(33)47)29-12-6-8-17-34(29)46(40,4)5/h6-23H,1-5H3. The van der Waals surface area contributed by atoms with Crippen molar-refractivity contribution in [2.45, 2.75) is 40.0 Å². The first-order valence-corrected chi connectivity index (χ1v) is 18.6. The highest BCUT2D eigenvalue weighted by Crippen LogP contribution is 2.55.